The first-order valence-electron chi connectivity index (χ1n) is 3.58. The van der Waals surface area contributed by atoms with E-state index >= 15 is 0 Å². The molecular weight excluding hydrogens is 334 g/mol. The summed E-state index contributed by atoms with van der Waals surface area (Å²) in [5, 5.41) is 9.52. The van der Waals surface area contributed by atoms with Gasteiger partial charge in [0.15, 0.2) is 0 Å². The van der Waals surface area contributed by atoms with E-state index < -0.39 is 31.0 Å². The quantitative estimate of drug-likeness (QED) is 0.319. The fourth-order valence-corrected chi connectivity index (χ4v) is 0.506. The van der Waals surface area contributed by atoms with Crippen molar-refractivity contribution in [2.45, 2.75) is 25.1 Å². The minimum atomic E-state index is -6.16. The van der Waals surface area contributed by atoms with Crippen molar-refractivity contribution >= 4 is 5.97 Å². The minimum absolute atomic E-state index is 0. The van der Waals surface area contributed by atoms with Crippen LogP contribution in [0.4, 0.5) is 39.5 Å². The fourth-order valence-electron chi connectivity index (χ4n) is 0.506. The van der Waals surface area contributed by atoms with Crippen molar-refractivity contribution in [3.05, 3.63) is 0 Å². The molecule has 0 amide bonds. The third-order valence-electron chi connectivity index (χ3n) is 0.957. The van der Waals surface area contributed by atoms with E-state index in [1.54, 1.807) is 4.74 Å². The number of aliphatic carboxylic acids is 1. The summed E-state index contributed by atoms with van der Waals surface area (Å²) in [5.41, 5.74) is 0. The van der Waals surface area contributed by atoms with Gasteiger partial charge in [-0.3, -0.25) is 0 Å². The zero-order valence-electron chi connectivity index (χ0n) is 8.94. The number of hydrogen-bond acceptors (Lipinski definition) is 5. The second-order valence-electron chi connectivity index (χ2n) is 2.48. The largest absolute Gasteiger partial charge is 1.00 e. The SMILES string of the molecule is O=C([O-])C(F)(F)OC(F)(F)OC(F)(F)OC(F)(F)F.[Na+]. The van der Waals surface area contributed by atoms with E-state index in [9.17, 15) is 49.4 Å². The third kappa shape index (κ3) is 8.80. The summed E-state index contributed by atoms with van der Waals surface area (Å²) in [6, 6.07) is 0. The van der Waals surface area contributed by atoms with Crippen molar-refractivity contribution in [2.75, 3.05) is 0 Å². The summed E-state index contributed by atoms with van der Waals surface area (Å²) in [5.74, 6) is -3.57. The molecule has 0 aromatic heterocycles. The van der Waals surface area contributed by atoms with Crippen molar-refractivity contribution in [1.29, 1.82) is 0 Å². The smallest absolute Gasteiger partial charge is 0.542 e. The summed E-state index contributed by atoms with van der Waals surface area (Å²) in [6.07, 6.45) is -24.2. The molecule has 0 heterocycles. The van der Waals surface area contributed by atoms with Crippen molar-refractivity contribution < 1.29 is 93.2 Å². The van der Waals surface area contributed by atoms with Crippen LogP contribution < -0.4 is 34.7 Å². The van der Waals surface area contributed by atoms with Crippen LogP contribution in [0.2, 0.25) is 0 Å². The predicted molar refractivity (Wildman–Crippen MR) is 29.2 cm³/mol. The average Bonchev–Trinajstić information content (AvgIpc) is 1.91. The molecule has 0 fully saturated rings. The summed E-state index contributed by atoms with van der Waals surface area (Å²) in [6.45, 7) is 0. The molecule has 0 rings (SSSR count). The summed E-state index contributed by atoms with van der Waals surface area (Å²) in [7, 11) is 0. The Morgan fingerprint density at radius 3 is 1.40 bits per heavy atom. The Labute approximate surface area is 124 Å². The van der Waals surface area contributed by atoms with Crippen molar-refractivity contribution in [3.8, 4) is 0 Å². The molecule has 0 saturated carbocycles. The number of carboxylic acid groups (broad SMARTS) is 1. The first-order valence-corrected chi connectivity index (χ1v) is 3.58. The van der Waals surface area contributed by atoms with Gasteiger partial charge in [-0.1, -0.05) is 0 Å². The molecule has 20 heavy (non-hydrogen) atoms. The van der Waals surface area contributed by atoms with Gasteiger partial charge < -0.3 is 9.90 Å². The second kappa shape index (κ2) is 6.65. The monoisotopic (exact) mass is 334 g/mol. The average molecular weight is 334 g/mol. The minimum Gasteiger partial charge on any atom is -0.542 e. The zero-order valence-corrected chi connectivity index (χ0v) is 10.9. The van der Waals surface area contributed by atoms with Gasteiger partial charge in [0.2, 0.25) is 0 Å². The van der Waals surface area contributed by atoms with Crippen LogP contribution in [0.1, 0.15) is 0 Å². The maximum atomic E-state index is 12.2. The number of carbonyl (C=O) groups is 1. The summed E-state index contributed by atoms with van der Waals surface area (Å²) < 4.78 is 112. The van der Waals surface area contributed by atoms with E-state index in [0.717, 1.165) is 0 Å². The van der Waals surface area contributed by atoms with Crippen LogP contribution in [0.5, 0.6) is 0 Å². The Bertz CT molecular complexity index is 342. The van der Waals surface area contributed by atoms with Gasteiger partial charge in [-0.05, 0) is 0 Å². The van der Waals surface area contributed by atoms with Gasteiger partial charge in [0, 0.05) is 0 Å². The molecule has 0 aliphatic heterocycles. The van der Waals surface area contributed by atoms with Crippen LogP contribution >= 0.6 is 0 Å². The van der Waals surface area contributed by atoms with Crippen LogP contribution in [0.3, 0.4) is 0 Å². The molecule has 0 spiro atoms. The number of hydrogen-bond donors (Lipinski definition) is 0. The first kappa shape index (κ1) is 22.0. The Hall–Kier alpha value is -0.280. The van der Waals surface area contributed by atoms with E-state index in [4.69, 9.17) is 0 Å². The Kier molecular flexibility index (Phi) is 7.32. The van der Waals surface area contributed by atoms with E-state index in [1.165, 1.54) is 0 Å². The standard InChI is InChI=1S/C5HF9O5.Na/c6-2(7,1(15)16)17-4(11,12)19-5(13,14)18-3(8,9)10;/h(H,15,16);/q;+1/p-1. The van der Waals surface area contributed by atoms with Crippen LogP contribution in [0.25, 0.3) is 0 Å². The molecule has 0 unspecified atom stereocenters. The Morgan fingerprint density at radius 2 is 1.10 bits per heavy atom. The predicted octanol–water partition coefficient (Wildman–Crippen LogP) is -2.00. The number of rotatable bonds is 6. The van der Waals surface area contributed by atoms with E-state index in [1.807, 2.05) is 9.47 Å². The van der Waals surface area contributed by atoms with Gasteiger partial charge >= 0.3 is 54.6 Å². The van der Waals surface area contributed by atoms with E-state index in [2.05, 4.69) is 0 Å². The van der Waals surface area contributed by atoms with Gasteiger partial charge in [0.05, 0.1) is 0 Å². The molecule has 0 N–H and O–H groups in total. The molecule has 0 aliphatic carbocycles. The molecule has 0 saturated heterocycles. The molecule has 0 atom stereocenters. The third-order valence-corrected chi connectivity index (χ3v) is 0.957. The van der Waals surface area contributed by atoms with Crippen LogP contribution in [0, 0.1) is 0 Å². The first-order chi connectivity index (χ1) is 8.06. The van der Waals surface area contributed by atoms with Crippen molar-refractivity contribution in [3.63, 3.8) is 0 Å². The molecule has 0 aromatic carbocycles. The number of halogens is 9. The Balaban J connectivity index is 0. The maximum Gasteiger partial charge on any atom is 1.00 e. The summed E-state index contributed by atoms with van der Waals surface area (Å²) in [4.78, 5) is 9.52. The van der Waals surface area contributed by atoms with Gasteiger partial charge in [0.25, 0.3) is 0 Å². The number of ether oxygens (including phenoxy) is 3. The topological polar surface area (TPSA) is 67.8 Å². The molecule has 0 bridgehead atoms. The van der Waals surface area contributed by atoms with Gasteiger partial charge in [-0.15, -0.1) is 30.7 Å². The van der Waals surface area contributed by atoms with Crippen LogP contribution in [-0.4, -0.2) is 31.0 Å². The number of carbonyl (C=O) groups excluding carboxylic acids is 1. The zero-order chi connectivity index (χ0) is 15.7. The van der Waals surface area contributed by atoms with Crippen LogP contribution in [0.15, 0.2) is 0 Å². The molecule has 5 nitrogen and oxygen atoms in total. The van der Waals surface area contributed by atoms with E-state index in [-0.39, 0.29) is 29.6 Å². The number of alkyl halides is 9. The molecule has 15 heteroatoms. The molecule has 0 aliphatic rings. The van der Waals surface area contributed by atoms with Crippen molar-refractivity contribution in [2.24, 2.45) is 0 Å². The van der Waals surface area contributed by atoms with Crippen LogP contribution in [-0.2, 0) is 19.0 Å². The maximum absolute atomic E-state index is 12.2. The Morgan fingerprint density at radius 1 is 0.750 bits per heavy atom. The van der Waals surface area contributed by atoms with Gasteiger partial charge in [-0.25, -0.2) is 9.47 Å². The van der Waals surface area contributed by atoms with Gasteiger partial charge in [0.1, 0.15) is 5.97 Å². The van der Waals surface area contributed by atoms with Gasteiger partial charge in [-0.2, -0.15) is 13.5 Å². The fraction of sp³-hybridized carbons (Fsp3) is 0.800. The molecule has 0 aromatic rings. The molecular formula is C5F9NaO5. The normalized spacial score (nSPS) is 13.8. The molecule has 114 valence electrons. The second-order valence-corrected chi connectivity index (χ2v) is 2.48. The van der Waals surface area contributed by atoms with Crippen molar-refractivity contribution in [1.82, 2.24) is 0 Å². The molecule has 0 radical (unpaired) electrons. The van der Waals surface area contributed by atoms with E-state index in [0.29, 0.717) is 0 Å². The number of carboxylic acids is 1. The summed E-state index contributed by atoms with van der Waals surface area (Å²) >= 11 is 0.